The number of carbonyl (C=O) groups is 2. The molecule has 2 heterocycles. The number of nitrogens with zero attached hydrogens (tertiary/aromatic N) is 1. The molecule has 5 nitrogen and oxygen atoms in total. The van der Waals surface area contributed by atoms with E-state index in [9.17, 15) is 9.59 Å². The highest BCUT2D eigenvalue weighted by Gasteiger charge is 2.34. The van der Waals surface area contributed by atoms with E-state index >= 15 is 0 Å². The van der Waals surface area contributed by atoms with Gasteiger partial charge in [0.2, 0.25) is 0 Å². The van der Waals surface area contributed by atoms with Crippen LogP contribution in [0, 0.1) is 5.92 Å². The van der Waals surface area contributed by atoms with E-state index in [0.29, 0.717) is 5.71 Å². The highest BCUT2D eigenvalue weighted by Crippen LogP contribution is 2.39. The number of fused-ring (bicyclic) bond motifs is 2. The maximum atomic E-state index is 12.1. The smallest absolute Gasteiger partial charge is 0.313 e. The first kappa shape index (κ1) is 13.0. The summed E-state index contributed by atoms with van der Waals surface area (Å²) in [5.41, 5.74) is 3.47. The largest absolute Gasteiger partial charge is 0.459 e. The van der Waals surface area contributed by atoms with Gasteiger partial charge >= 0.3 is 5.91 Å². The van der Waals surface area contributed by atoms with Crippen LogP contribution in [0.2, 0.25) is 0 Å². The quantitative estimate of drug-likeness (QED) is 0.865. The van der Waals surface area contributed by atoms with E-state index in [4.69, 9.17) is 4.42 Å². The number of nitrogens with one attached hydrogen (secondary N) is 1. The monoisotopic (exact) mass is 294 g/mol. The Morgan fingerprint density at radius 3 is 3.09 bits per heavy atom. The summed E-state index contributed by atoms with van der Waals surface area (Å²) in [6.45, 7) is 0. The van der Waals surface area contributed by atoms with Crippen molar-refractivity contribution in [2.45, 2.75) is 19.3 Å². The predicted octanol–water partition coefficient (Wildman–Crippen LogP) is 2.54. The van der Waals surface area contributed by atoms with E-state index in [2.05, 4.69) is 10.3 Å². The fraction of sp³-hybridized carbons (Fsp3) is 0.235. The molecule has 2 aliphatic carbocycles. The van der Waals surface area contributed by atoms with Crippen LogP contribution < -0.4 is 5.32 Å². The first-order valence-corrected chi connectivity index (χ1v) is 7.32. The van der Waals surface area contributed by atoms with Crippen LogP contribution >= 0.6 is 0 Å². The number of hydrogen-bond acceptors (Lipinski definition) is 3. The molecule has 1 atom stereocenters. The lowest BCUT2D eigenvalue weighted by Gasteiger charge is -2.28. The number of rotatable bonds is 1. The predicted molar refractivity (Wildman–Crippen MR) is 80.2 cm³/mol. The molecule has 0 bridgehead atoms. The summed E-state index contributed by atoms with van der Waals surface area (Å²) in [5.74, 6) is -0.118. The molecule has 0 saturated carbocycles. The molecule has 22 heavy (non-hydrogen) atoms. The fourth-order valence-corrected chi connectivity index (χ4v) is 3.23. The molecule has 1 aliphatic heterocycles. The van der Waals surface area contributed by atoms with Gasteiger partial charge in [0.1, 0.15) is 0 Å². The van der Waals surface area contributed by atoms with Gasteiger partial charge in [0.05, 0.1) is 12.0 Å². The molecule has 110 valence electrons. The Morgan fingerprint density at radius 1 is 1.36 bits per heavy atom. The Labute approximate surface area is 127 Å². The Balaban J connectivity index is 1.65. The van der Waals surface area contributed by atoms with Gasteiger partial charge in [-0.15, -0.1) is 0 Å². The van der Waals surface area contributed by atoms with Crippen molar-refractivity contribution in [3.63, 3.8) is 0 Å². The number of allylic oxidation sites excluding steroid dienone is 3. The molecule has 2 amide bonds. The maximum absolute atomic E-state index is 12.1. The van der Waals surface area contributed by atoms with E-state index in [1.807, 2.05) is 12.2 Å². The minimum atomic E-state index is -0.428. The minimum Gasteiger partial charge on any atom is -0.459 e. The first-order chi connectivity index (χ1) is 10.7. The van der Waals surface area contributed by atoms with Gasteiger partial charge in [-0.3, -0.25) is 9.59 Å². The van der Waals surface area contributed by atoms with Gasteiger partial charge in [-0.2, -0.15) is 0 Å². The average molecular weight is 294 g/mol. The van der Waals surface area contributed by atoms with Crippen molar-refractivity contribution < 1.29 is 14.0 Å². The Morgan fingerprint density at radius 2 is 2.27 bits per heavy atom. The summed E-state index contributed by atoms with van der Waals surface area (Å²) in [4.78, 5) is 28.1. The first-order valence-electron chi connectivity index (χ1n) is 7.32. The molecule has 1 aromatic heterocycles. The van der Waals surface area contributed by atoms with Crippen LogP contribution in [0.1, 0.15) is 29.8 Å². The van der Waals surface area contributed by atoms with Crippen molar-refractivity contribution in [2.75, 3.05) is 0 Å². The topological polar surface area (TPSA) is 71.7 Å². The van der Waals surface area contributed by atoms with Gasteiger partial charge < -0.3 is 9.73 Å². The highest BCUT2D eigenvalue weighted by atomic mass is 16.3. The Bertz CT molecular complexity index is 779. The second kappa shape index (κ2) is 4.94. The summed E-state index contributed by atoms with van der Waals surface area (Å²) in [6, 6.07) is 3.22. The van der Waals surface area contributed by atoms with Crippen molar-refractivity contribution in [3.8, 4) is 0 Å². The normalized spacial score (nSPS) is 24.9. The van der Waals surface area contributed by atoms with Crippen molar-refractivity contribution in [3.05, 3.63) is 59.2 Å². The van der Waals surface area contributed by atoms with E-state index in [1.54, 1.807) is 18.2 Å². The standard InChI is InChI=1S/C17H14N2O3/c20-16-13-4-1-3-11(13)12-7-6-10(9-14(12)19-16)18-17(21)15-5-2-8-22-15/h2,5-9,12H,1,3-4H2,(H,19,20). The summed E-state index contributed by atoms with van der Waals surface area (Å²) >= 11 is 0. The van der Waals surface area contributed by atoms with Crippen molar-refractivity contribution in [1.29, 1.82) is 0 Å². The van der Waals surface area contributed by atoms with Crippen LogP contribution in [-0.2, 0) is 4.79 Å². The van der Waals surface area contributed by atoms with Gasteiger partial charge in [0.15, 0.2) is 5.76 Å². The van der Waals surface area contributed by atoms with Crippen LogP contribution in [0.25, 0.3) is 0 Å². The van der Waals surface area contributed by atoms with Gasteiger partial charge in [0, 0.05) is 17.2 Å². The third kappa shape index (κ3) is 2.06. The lowest BCUT2D eigenvalue weighted by molar-refractivity contribution is -0.117. The second-order valence-corrected chi connectivity index (χ2v) is 5.57. The van der Waals surface area contributed by atoms with Crippen LogP contribution in [0.3, 0.4) is 0 Å². The van der Waals surface area contributed by atoms with Gasteiger partial charge in [-0.25, -0.2) is 4.99 Å². The SMILES string of the molecule is O=C1NC2=CC(=NC(=O)c3ccco3)C=CC2C2=C1CCC2. The Hall–Kier alpha value is -2.69. The average Bonchev–Trinajstić information content (AvgIpc) is 3.19. The summed E-state index contributed by atoms with van der Waals surface area (Å²) in [5, 5.41) is 2.93. The second-order valence-electron chi connectivity index (χ2n) is 5.57. The molecule has 1 unspecified atom stereocenters. The molecule has 0 aromatic carbocycles. The maximum Gasteiger partial charge on any atom is 0.313 e. The lowest BCUT2D eigenvalue weighted by atomic mass is 9.85. The Kier molecular flexibility index (Phi) is 2.92. The number of furan rings is 1. The molecule has 1 N–H and O–H groups in total. The zero-order chi connectivity index (χ0) is 15.1. The van der Waals surface area contributed by atoms with Crippen LogP contribution in [0.15, 0.2) is 62.9 Å². The van der Waals surface area contributed by atoms with E-state index in [0.717, 1.165) is 30.5 Å². The molecular formula is C17H14N2O3. The molecule has 0 fully saturated rings. The summed E-state index contributed by atoms with van der Waals surface area (Å²) in [6.07, 6.45) is 9.90. The molecule has 0 radical (unpaired) electrons. The number of hydrogen-bond donors (Lipinski definition) is 1. The van der Waals surface area contributed by atoms with E-state index in [-0.39, 0.29) is 17.6 Å². The van der Waals surface area contributed by atoms with Gasteiger partial charge in [0.25, 0.3) is 5.91 Å². The zero-order valence-corrected chi connectivity index (χ0v) is 11.8. The zero-order valence-electron chi connectivity index (χ0n) is 11.8. The molecule has 3 aliphatic rings. The number of aliphatic imine (C=N–C) groups is 1. The summed E-state index contributed by atoms with van der Waals surface area (Å²) < 4.78 is 5.04. The molecule has 1 aromatic rings. The van der Waals surface area contributed by atoms with Crippen molar-refractivity contribution in [1.82, 2.24) is 5.32 Å². The van der Waals surface area contributed by atoms with E-state index in [1.165, 1.54) is 11.8 Å². The lowest BCUT2D eigenvalue weighted by Crippen LogP contribution is -2.35. The third-order valence-electron chi connectivity index (χ3n) is 4.23. The van der Waals surface area contributed by atoms with Crippen molar-refractivity contribution >= 4 is 17.5 Å². The van der Waals surface area contributed by atoms with Crippen LogP contribution in [0.5, 0.6) is 0 Å². The number of carbonyl (C=O) groups excluding carboxylic acids is 2. The van der Waals surface area contributed by atoms with Gasteiger partial charge in [-0.1, -0.05) is 6.08 Å². The van der Waals surface area contributed by atoms with Crippen LogP contribution in [0.4, 0.5) is 0 Å². The molecular weight excluding hydrogens is 280 g/mol. The highest BCUT2D eigenvalue weighted by molar-refractivity contribution is 6.13. The summed E-state index contributed by atoms with van der Waals surface area (Å²) in [7, 11) is 0. The molecule has 4 rings (SSSR count). The molecule has 0 saturated heterocycles. The van der Waals surface area contributed by atoms with Crippen molar-refractivity contribution in [2.24, 2.45) is 10.9 Å². The minimum absolute atomic E-state index is 0.0120. The van der Waals surface area contributed by atoms with E-state index < -0.39 is 5.91 Å². The molecule has 0 spiro atoms. The molecule has 5 heteroatoms. The number of amides is 2. The fourth-order valence-electron chi connectivity index (χ4n) is 3.23. The van der Waals surface area contributed by atoms with Gasteiger partial charge in [-0.05, 0) is 49.1 Å². The third-order valence-corrected chi connectivity index (χ3v) is 4.23. The van der Waals surface area contributed by atoms with Crippen LogP contribution in [-0.4, -0.2) is 17.5 Å².